The standard InChI is InChI=1S/C13H20N2.ClH/c1-10(2)11-4-3-5-12(8-11)13-9-14-6-7-15-13;/h3-5,8,10,13-15H,6-7,9H2,1-2H3;1H/t13-;/m0./s1. The highest BCUT2D eigenvalue weighted by molar-refractivity contribution is 5.85. The minimum atomic E-state index is 0. The summed E-state index contributed by atoms with van der Waals surface area (Å²) in [5.41, 5.74) is 2.84. The first-order valence-electron chi connectivity index (χ1n) is 5.81. The molecule has 1 atom stereocenters. The molecule has 0 spiro atoms. The van der Waals surface area contributed by atoms with Crippen LogP contribution < -0.4 is 10.6 Å². The van der Waals surface area contributed by atoms with Gasteiger partial charge in [0.15, 0.2) is 0 Å². The Morgan fingerprint density at radius 2 is 2.06 bits per heavy atom. The average molecular weight is 241 g/mol. The molecule has 0 unspecified atom stereocenters. The van der Waals surface area contributed by atoms with Crippen LogP contribution in [0.4, 0.5) is 0 Å². The van der Waals surface area contributed by atoms with Gasteiger partial charge in [-0.05, 0) is 17.0 Å². The number of piperazine rings is 1. The molecule has 2 rings (SSSR count). The molecule has 1 heterocycles. The molecule has 1 saturated heterocycles. The molecule has 2 N–H and O–H groups in total. The number of hydrogen-bond acceptors (Lipinski definition) is 2. The third kappa shape index (κ3) is 3.21. The molecule has 1 aliphatic heterocycles. The van der Waals surface area contributed by atoms with Gasteiger partial charge >= 0.3 is 0 Å². The fraction of sp³-hybridized carbons (Fsp3) is 0.538. The quantitative estimate of drug-likeness (QED) is 0.830. The lowest BCUT2D eigenvalue weighted by Gasteiger charge is -2.25. The Hall–Kier alpha value is -0.570. The lowest BCUT2D eigenvalue weighted by Crippen LogP contribution is -2.42. The first kappa shape index (κ1) is 13.5. The number of rotatable bonds is 2. The van der Waals surface area contributed by atoms with Crippen LogP contribution in [0.5, 0.6) is 0 Å². The molecule has 2 nitrogen and oxygen atoms in total. The Labute approximate surface area is 104 Å². The summed E-state index contributed by atoms with van der Waals surface area (Å²) in [5.74, 6) is 0.612. The molecule has 1 aromatic rings. The van der Waals surface area contributed by atoms with Crippen molar-refractivity contribution in [3.8, 4) is 0 Å². The normalized spacial score (nSPS) is 20.6. The van der Waals surface area contributed by atoms with Crippen molar-refractivity contribution in [3.63, 3.8) is 0 Å². The predicted octanol–water partition coefficient (Wildman–Crippen LogP) is 2.47. The third-order valence-electron chi connectivity index (χ3n) is 3.02. The molecule has 16 heavy (non-hydrogen) atoms. The number of halogens is 1. The summed E-state index contributed by atoms with van der Waals surface area (Å²) in [5, 5.41) is 6.96. The van der Waals surface area contributed by atoms with Crippen LogP contribution in [0.1, 0.15) is 36.9 Å². The Kier molecular flexibility index (Phi) is 5.26. The van der Waals surface area contributed by atoms with Crippen LogP contribution in [-0.2, 0) is 0 Å². The van der Waals surface area contributed by atoms with E-state index in [1.54, 1.807) is 0 Å². The Morgan fingerprint density at radius 3 is 2.69 bits per heavy atom. The molecule has 90 valence electrons. The summed E-state index contributed by atoms with van der Waals surface area (Å²) in [6, 6.07) is 9.41. The van der Waals surface area contributed by atoms with E-state index in [1.165, 1.54) is 11.1 Å². The maximum absolute atomic E-state index is 3.54. The fourth-order valence-electron chi connectivity index (χ4n) is 2.02. The molecule has 1 fully saturated rings. The molecule has 0 aromatic heterocycles. The van der Waals surface area contributed by atoms with Crippen molar-refractivity contribution < 1.29 is 0 Å². The maximum Gasteiger partial charge on any atom is 0.0447 e. The number of hydrogen-bond donors (Lipinski definition) is 2. The van der Waals surface area contributed by atoms with E-state index in [1.807, 2.05) is 0 Å². The summed E-state index contributed by atoms with van der Waals surface area (Å²) < 4.78 is 0. The smallest absolute Gasteiger partial charge is 0.0447 e. The topological polar surface area (TPSA) is 24.1 Å². The van der Waals surface area contributed by atoms with Gasteiger partial charge in [0.05, 0.1) is 0 Å². The lowest BCUT2D eigenvalue weighted by atomic mass is 9.97. The van der Waals surface area contributed by atoms with Crippen molar-refractivity contribution in [3.05, 3.63) is 35.4 Å². The second-order valence-corrected chi connectivity index (χ2v) is 4.54. The molecule has 1 aromatic carbocycles. The first-order chi connectivity index (χ1) is 7.27. The van der Waals surface area contributed by atoms with Crippen LogP contribution in [0.25, 0.3) is 0 Å². The van der Waals surface area contributed by atoms with Gasteiger partial charge in [0, 0.05) is 25.7 Å². The van der Waals surface area contributed by atoms with E-state index >= 15 is 0 Å². The van der Waals surface area contributed by atoms with Crippen LogP contribution in [0.2, 0.25) is 0 Å². The highest BCUT2D eigenvalue weighted by Crippen LogP contribution is 2.20. The largest absolute Gasteiger partial charge is 0.314 e. The molecule has 0 radical (unpaired) electrons. The van der Waals surface area contributed by atoms with Crippen LogP contribution in [0.15, 0.2) is 24.3 Å². The SMILES string of the molecule is CC(C)c1cccc([C@@H]2CNCCN2)c1.Cl. The van der Waals surface area contributed by atoms with Gasteiger partial charge in [-0.1, -0.05) is 38.1 Å². The molecular weight excluding hydrogens is 220 g/mol. The summed E-state index contributed by atoms with van der Waals surface area (Å²) >= 11 is 0. The summed E-state index contributed by atoms with van der Waals surface area (Å²) in [6.45, 7) is 7.68. The molecule has 1 aliphatic rings. The van der Waals surface area contributed by atoms with Crippen molar-refractivity contribution in [2.45, 2.75) is 25.8 Å². The molecule has 3 heteroatoms. The van der Waals surface area contributed by atoms with Crippen LogP contribution in [0.3, 0.4) is 0 Å². The Balaban J connectivity index is 0.00000128. The molecule has 0 amide bonds. The summed E-state index contributed by atoms with van der Waals surface area (Å²) in [6.07, 6.45) is 0. The average Bonchev–Trinajstić information content (AvgIpc) is 2.30. The van der Waals surface area contributed by atoms with Crippen molar-refractivity contribution in [1.29, 1.82) is 0 Å². The number of nitrogens with one attached hydrogen (secondary N) is 2. The van der Waals surface area contributed by atoms with Gasteiger partial charge in [0.25, 0.3) is 0 Å². The predicted molar refractivity (Wildman–Crippen MR) is 71.4 cm³/mol. The second-order valence-electron chi connectivity index (χ2n) is 4.54. The zero-order valence-corrected chi connectivity index (χ0v) is 10.8. The van der Waals surface area contributed by atoms with Crippen LogP contribution in [-0.4, -0.2) is 19.6 Å². The molecule has 0 bridgehead atoms. The lowest BCUT2D eigenvalue weighted by molar-refractivity contribution is 0.430. The van der Waals surface area contributed by atoms with Gasteiger partial charge in [0.2, 0.25) is 0 Å². The highest BCUT2D eigenvalue weighted by atomic mass is 35.5. The van der Waals surface area contributed by atoms with Crippen molar-refractivity contribution in [2.24, 2.45) is 0 Å². The monoisotopic (exact) mass is 240 g/mol. The zero-order chi connectivity index (χ0) is 10.7. The minimum Gasteiger partial charge on any atom is -0.314 e. The fourth-order valence-corrected chi connectivity index (χ4v) is 2.02. The summed E-state index contributed by atoms with van der Waals surface area (Å²) in [4.78, 5) is 0. The van der Waals surface area contributed by atoms with E-state index in [0.717, 1.165) is 19.6 Å². The van der Waals surface area contributed by atoms with Gasteiger partial charge in [-0.2, -0.15) is 0 Å². The van der Waals surface area contributed by atoms with E-state index in [4.69, 9.17) is 0 Å². The van der Waals surface area contributed by atoms with Gasteiger partial charge in [-0.15, -0.1) is 12.4 Å². The zero-order valence-electron chi connectivity index (χ0n) is 9.99. The van der Waals surface area contributed by atoms with Gasteiger partial charge in [-0.3, -0.25) is 0 Å². The van der Waals surface area contributed by atoms with E-state index in [-0.39, 0.29) is 12.4 Å². The Bertz CT molecular complexity index is 319. The van der Waals surface area contributed by atoms with Gasteiger partial charge in [-0.25, -0.2) is 0 Å². The number of benzene rings is 1. The third-order valence-corrected chi connectivity index (χ3v) is 3.02. The summed E-state index contributed by atoms with van der Waals surface area (Å²) in [7, 11) is 0. The Morgan fingerprint density at radius 1 is 1.25 bits per heavy atom. The van der Waals surface area contributed by atoms with E-state index in [2.05, 4.69) is 48.7 Å². The van der Waals surface area contributed by atoms with Crippen molar-refractivity contribution in [2.75, 3.05) is 19.6 Å². The first-order valence-corrected chi connectivity index (χ1v) is 5.81. The molecule has 0 aliphatic carbocycles. The van der Waals surface area contributed by atoms with Crippen LogP contribution in [0, 0.1) is 0 Å². The maximum atomic E-state index is 3.54. The van der Waals surface area contributed by atoms with Gasteiger partial charge in [0.1, 0.15) is 0 Å². The second kappa shape index (κ2) is 6.24. The highest BCUT2D eigenvalue weighted by Gasteiger charge is 2.14. The van der Waals surface area contributed by atoms with E-state index in [9.17, 15) is 0 Å². The molecule has 0 saturated carbocycles. The van der Waals surface area contributed by atoms with Crippen molar-refractivity contribution >= 4 is 12.4 Å². The minimum absolute atomic E-state index is 0. The molecular formula is C13H21ClN2. The van der Waals surface area contributed by atoms with E-state index in [0.29, 0.717) is 12.0 Å². The van der Waals surface area contributed by atoms with E-state index < -0.39 is 0 Å². The van der Waals surface area contributed by atoms with Gasteiger partial charge < -0.3 is 10.6 Å². The van der Waals surface area contributed by atoms with Crippen LogP contribution >= 0.6 is 12.4 Å². The van der Waals surface area contributed by atoms with Crippen molar-refractivity contribution in [1.82, 2.24) is 10.6 Å².